The Morgan fingerprint density at radius 2 is 2.15 bits per heavy atom. The van der Waals surface area contributed by atoms with Crippen molar-refractivity contribution in [3.05, 3.63) is 43.8 Å². The Kier molecular flexibility index (Phi) is 5.57. The van der Waals surface area contributed by atoms with Crippen LogP contribution in [0.3, 0.4) is 0 Å². The molecule has 0 saturated heterocycles. The Morgan fingerprint density at radius 1 is 1.35 bits per heavy atom. The van der Waals surface area contributed by atoms with E-state index in [4.69, 9.17) is 4.74 Å². The SMILES string of the molecule is CNCc1cc(Br)cc(C)c1OCCc1scnc1C. The molecule has 20 heavy (non-hydrogen) atoms. The minimum absolute atomic E-state index is 0.683. The first-order valence-electron chi connectivity index (χ1n) is 6.57. The van der Waals surface area contributed by atoms with Gasteiger partial charge in [-0.05, 0) is 38.6 Å². The van der Waals surface area contributed by atoms with E-state index in [9.17, 15) is 0 Å². The van der Waals surface area contributed by atoms with E-state index in [-0.39, 0.29) is 0 Å². The largest absolute Gasteiger partial charge is 0.493 e. The highest BCUT2D eigenvalue weighted by Crippen LogP contribution is 2.28. The summed E-state index contributed by atoms with van der Waals surface area (Å²) >= 11 is 5.23. The Hall–Kier alpha value is -0.910. The van der Waals surface area contributed by atoms with Gasteiger partial charge in [-0.15, -0.1) is 11.3 Å². The lowest BCUT2D eigenvalue weighted by atomic mass is 10.1. The lowest BCUT2D eigenvalue weighted by molar-refractivity contribution is 0.316. The van der Waals surface area contributed by atoms with E-state index in [0.717, 1.165) is 34.4 Å². The molecule has 0 atom stereocenters. The molecular formula is C15H19BrN2OS. The van der Waals surface area contributed by atoms with Crippen LogP contribution >= 0.6 is 27.3 Å². The van der Waals surface area contributed by atoms with Gasteiger partial charge in [0.05, 0.1) is 17.8 Å². The summed E-state index contributed by atoms with van der Waals surface area (Å²) in [5, 5.41) is 3.18. The Balaban J connectivity index is 2.06. The molecule has 0 aliphatic carbocycles. The first kappa shape index (κ1) is 15.5. The lowest BCUT2D eigenvalue weighted by Gasteiger charge is -2.14. The Bertz CT molecular complexity index is 583. The van der Waals surface area contributed by atoms with Crippen molar-refractivity contribution in [2.45, 2.75) is 26.8 Å². The average Bonchev–Trinajstić information content (AvgIpc) is 2.78. The fraction of sp³-hybridized carbons (Fsp3) is 0.400. The van der Waals surface area contributed by atoms with Gasteiger partial charge in [0.1, 0.15) is 5.75 Å². The van der Waals surface area contributed by atoms with Crippen LogP contribution < -0.4 is 10.1 Å². The van der Waals surface area contributed by atoms with Gasteiger partial charge in [-0.1, -0.05) is 15.9 Å². The Morgan fingerprint density at radius 3 is 2.80 bits per heavy atom. The molecule has 0 aliphatic rings. The third-order valence-corrected chi connectivity index (χ3v) is 4.56. The molecule has 0 amide bonds. The fourth-order valence-corrected chi connectivity index (χ4v) is 3.52. The predicted octanol–water partition coefficient (Wildman–Crippen LogP) is 3.86. The third-order valence-electron chi connectivity index (χ3n) is 3.10. The zero-order valence-electron chi connectivity index (χ0n) is 12.0. The first-order valence-corrected chi connectivity index (χ1v) is 8.24. The van der Waals surface area contributed by atoms with Gasteiger partial charge in [-0.25, -0.2) is 4.98 Å². The normalized spacial score (nSPS) is 10.8. The summed E-state index contributed by atoms with van der Waals surface area (Å²) in [7, 11) is 1.95. The van der Waals surface area contributed by atoms with Crippen LogP contribution in [0, 0.1) is 13.8 Å². The second kappa shape index (κ2) is 7.20. The van der Waals surface area contributed by atoms with Crippen LogP contribution in [0.15, 0.2) is 22.1 Å². The number of benzene rings is 1. The van der Waals surface area contributed by atoms with Crippen molar-refractivity contribution in [1.82, 2.24) is 10.3 Å². The van der Waals surface area contributed by atoms with Gasteiger partial charge >= 0.3 is 0 Å². The number of nitrogens with one attached hydrogen (secondary N) is 1. The first-order chi connectivity index (χ1) is 9.61. The summed E-state index contributed by atoms with van der Waals surface area (Å²) in [6, 6.07) is 4.20. The number of halogens is 1. The molecule has 1 N–H and O–H groups in total. The van der Waals surface area contributed by atoms with Crippen molar-refractivity contribution in [3.8, 4) is 5.75 Å². The summed E-state index contributed by atoms with van der Waals surface area (Å²) in [6.07, 6.45) is 0.908. The molecule has 5 heteroatoms. The van der Waals surface area contributed by atoms with E-state index in [1.807, 2.05) is 19.5 Å². The zero-order valence-corrected chi connectivity index (χ0v) is 14.4. The summed E-state index contributed by atoms with van der Waals surface area (Å²) in [6.45, 7) is 5.61. The molecule has 0 saturated carbocycles. The molecule has 0 spiro atoms. The number of aromatic nitrogens is 1. The van der Waals surface area contributed by atoms with Crippen LogP contribution in [-0.2, 0) is 13.0 Å². The monoisotopic (exact) mass is 354 g/mol. The molecule has 0 radical (unpaired) electrons. The van der Waals surface area contributed by atoms with E-state index >= 15 is 0 Å². The highest BCUT2D eigenvalue weighted by molar-refractivity contribution is 9.10. The van der Waals surface area contributed by atoms with Crippen molar-refractivity contribution in [2.24, 2.45) is 0 Å². The summed E-state index contributed by atoms with van der Waals surface area (Å²) < 4.78 is 7.11. The number of rotatable bonds is 6. The zero-order chi connectivity index (χ0) is 14.5. The van der Waals surface area contributed by atoms with Crippen LogP contribution in [0.1, 0.15) is 21.7 Å². The van der Waals surface area contributed by atoms with E-state index < -0.39 is 0 Å². The van der Waals surface area contributed by atoms with Crippen LogP contribution in [0.2, 0.25) is 0 Å². The highest BCUT2D eigenvalue weighted by atomic mass is 79.9. The van der Waals surface area contributed by atoms with Gasteiger partial charge in [0, 0.05) is 27.9 Å². The summed E-state index contributed by atoms with van der Waals surface area (Å²) in [4.78, 5) is 5.57. The van der Waals surface area contributed by atoms with Crippen molar-refractivity contribution in [3.63, 3.8) is 0 Å². The van der Waals surface area contributed by atoms with Gasteiger partial charge in [0.25, 0.3) is 0 Å². The van der Waals surface area contributed by atoms with Crippen molar-refractivity contribution < 1.29 is 4.74 Å². The molecule has 0 bridgehead atoms. The quantitative estimate of drug-likeness (QED) is 0.854. The molecule has 108 valence electrons. The molecule has 1 heterocycles. The summed E-state index contributed by atoms with van der Waals surface area (Å²) in [5.74, 6) is 0.990. The van der Waals surface area contributed by atoms with E-state index in [0.29, 0.717) is 6.61 Å². The van der Waals surface area contributed by atoms with Crippen molar-refractivity contribution >= 4 is 27.3 Å². The lowest BCUT2D eigenvalue weighted by Crippen LogP contribution is -2.10. The minimum atomic E-state index is 0.683. The average molecular weight is 355 g/mol. The number of ether oxygens (including phenoxy) is 1. The number of nitrogens with zero attached hydrogens (tertiary/aromatic N) is 1. The van der Waals surface area contributed by atoms with Crippen LogP contribution in [0.5, 0.6) is 5.75 Å². The molecular weight excluding hydrogens is 336 g/mol. The molecule has 1 aromatic carbocycles. The second-order valence-electron chi connectivity index (χ2n) is 4.70. The van der Waals surface area contributed by atoms with Gasteiger partial charge < -0.3 is 10.1 Å². The smallest absolute Gasteiger partial charge is 0.126 e. The van der Waals surface area contributed by atoms with Crippen LogP contribution in [0.25, 0.3) is 0 Å². The molecule has 2 rings (SSSR count). The standard InChI is InChI=1S/C15H19BrN2OS/c1-10-6-13(16)7-12(8-17-3)15(10)19-5-4-14-11(2)18-9-20-14/h6-7,9,17H,4-5,8H2,1-3H3. The van der Waals surface area contributed by atoms with Gasteiger partial charge in [-0.2, -0.15) is 0 Å². The maximum absolute atomic E-state index is 6.02. The van der Waals surface area contributed by atoms with Crippen LogP contribution in [-0.4, -0.2) is 18.6 Å². The van der Waals surface area contributed by atoms with Gasteiger partial charge in [-0.3, -0.25) is 0 Å². The second-order valence-corrected chi connectivity index (χ2v) is 6.56. The molecule has 0 unspecified atom stereocenters. The maximum Gasteiger partial charge on any atom is 0.126 e. The van der Waals surface area contributed by atoms with Crippen molar-refractivity contribution in [1.29, 1.82) is 0 Å². The number of hydrogen-bond acceptors (Lipinski definition) is 4. The predicted molar refractivity (Wildman–Crippen MR) is 87.7 cm³/mol. The van der Waals surface area contributed by atoms with E-state index in [1.54, 1.807) is 11.3 Å². The minimum Gasteiger partial charge on any atom is -0.493 e. The highest BCUT2D eigenvalue weighted by Gasteiger charge is 2.09. The topological polar surface area (TPSA) is 34.1 Å². The number of aryl methyl sites for hydroxylation is 2. The maximum atomic E-state index is 6.02. The van der Waals surface area contributed by atoms with Gasteiger partial charge in [0.15, 0.2) is 0 Å². The molecule has 0 fully saturated rings. The molecule has 0 aliphatic heterocycles. The van der Waals surface area contributed by atoms with E-state index in [2.05, 4.69) is 45.3 Å². The number of hydrogen-bond donors (Lipinski definition) is 1. The third kappa shape index (κ3) is 3.81. The fourth-order valence-electron chi connectivity index (χ4n) is 2.14. The van der Waals surface area contributed by atoms with Crippen LogP contribution in [0.4, 0.5) is 0 Å². The summed E-state index contributed by atoms with van der Waals surface area (Å²) in [5.41, 5.74) is 5.34. The molecule has 2 aromatic rings. The van der Waals surface area contributed by atoms with Gasteiger partial charge in [0.2, 0.25) is 0 Å². The van der Waals surface area contributed by atoms with Crippen molar-refractivity contribution in [2.75, 3.05) is 13.7 Å². The molecule has 1 aromatic heterocycles. The Labute approximate surface area is 132 Å². The molecule has 3 nitrogen and oxygen atoms in total. The van der Waals surface area contributed by atoms with E-state index in [1.165, 1.54) is 10.4 Å². The number of thiazole rings is 1.